The molecule has 1 saturated carbocycles. The number of rotatable bonds is 7. The first-order chi connectivity index (χ1) is 13.7. The average Bonchev–Trinajstić information content (AvgIpc) is 3.48. The van der Waals surface area contributed by atoms with E-state index in [-0.39, 0.29) is 42.4 Å². The molecule has 1 heterocycles. The summed E-state index contributed by atoms with van der Waals surface area (Å²) in [6, 6.07) is 7.06. The minimum absolute atomic E-state index is 0.0727. The van der Waals surface area contributed by atoms with Crippen LogP contribution in [-0.4, -0.2) is 62.3 Å². The van der Waals surface area contributed by atoms with Crippen molar-refractivity contribution in [2.45, 2.75) is 44.4 Å². The predicted octanol–water partition coefficient (Wildman–Crippen LogP) is 2.23. The number of carbonyl (C=O) groups is 2. The van der Waals surface area contributed by atoms with Crippen LogP contribution in [0.4, 0.5) is 0 Å². The van der Waals surface area contributed by atoms with Crippen LogP contribution in [0.25, 0.3) is 0 Å². The molecule has 0 N–H and O–H groups in total. The zero-order chi connectivity index (χ0) is 21.2. The van der Waals surface area contributed by atoms with Gasteiger partial charge in [-0.15, -0.1) is 0 Å². The Bertz CT molecular complexity index is 844. The molecule has 160 valence electrons. The summed E-state index contributed by atoms with van der Waals surface area (Å²) in [4.78, 5) is 25.8. The molecule has 3 atom stereocenters. The van der Waals surface area contributed by atoms with Crippen LogP contribution >= 0.6 is 0 Å². The van der Waals surface area contributed by atoms with Gasteiger partial charge in [-0.1, -0.05) is 32.9 Å². The van der Waals surface area contributed by atoms with Gasteiger partial charge in [0.2, 0.25) is 10.0 Å². The molecule has 0 spiro atoms. The van der Waals surface area contributed by atoms with Crippen molar-refractivity contribution in [2.24, 2.45) is 11.8 Å². The Labute approximate surface area is 173 Å². The van der Waals surface area contributed by atoms with Crippen molar-refractivity contribution in [3.8, 4) is 0 Å². The summed E-state index contributed by atoms with van der Waals surface area (Å²) in [5.74, 6) is 0.0649. The number of carbonyl (C=O) groups excluding carboxylic acids is 2. The molecule has 0 radical (unpaired) electrons. The summed E-state index contributed by atoms with van der Waals surface area (Å²) in [5.41, 5.74) is 1.12. The number of esters is 1. The Morgan fingerprint density at radius 3 is 2.24 bits per heavy atom. The second kappa shape index (κ2) is 8.83. The third kappa shape index (κ3) is 4.98. The van der Waals surface area contributed by atoms with Gasteiger partial charge in [-0.05, 0) is 42.4 Å². The minimum Gasteiger partial charge on any atom is -0.455 e. The van der Waals surface area contributed by atoms with Gasteiger partial charge in [0.05, 0.1) is 10.8 Å². The quantitative estimate of drug-likeness (QED) is 0.629. The molecular weight excluding hydrogens is 392 g/mol. The normalized spacial score (nSPS) is 23.5. The lowest BCUT2D eigenvalue weighted by Crippen LogP contribution is -2.51. The van der Waals surface area contributed by atoms with Crippen molar-refractivity contribution in [1.29, 1.82) is 0 Å². The van der Waals surface area contributed by atoms with E-state index in [0.717, 1.165) is 18.4 Å². The fourth-order valence-corrected chi connectivity index (χ4v) is 4.93. The topological polar surface area (TPSA) is 84.0 Å². The highest BCUT2D eigenvalue weighted by molar-refractivity contribution is 7.89. The lowest BCUT2D eigenvalue weighted by Gasteiger charge is -2.34. The first-order valence-electron chi connectivity index (χ1n) is 10.3. The molecule has 2 fully saturated rings. The molecule has 1 saturated heterocycles. The second-order valence-corrected chi connectivity index (χ2v) is 10.0. The summed E-state index contributed by atoms with van der Waals surface area (Å²) in [7, 11) is -3.59. The van der Waals surface area contributed by atoms with E-state index in [2.05, 4.69) is 13.8 Å². The van der Waals surface area contributed by atoms with E-state index in [1.54, 1.807) is 17.0 Å². The van der Waals surface area contributed by atoms with Crippen LogP contribution in [-0.2, 0) is 24.3 Å². The Morgan fingerprint density at radius 2 is 1.72 bits per heavy atom. The van der Waals surface area contributed by atoms with Gasteiger partial charge in [0.15, 0.2) is 6.61 Å². The molecule has 0 aromatic heterocycles. The lowest BCUT2D eigenvalue weighted by molar-refractivity contribution is -0.153. The highest BCUT2D eigenvalue weighted by atomic mass is 32.2. The third-order valence-electron chi connectivity index (χ3n) is 6.04. The minimum atomic E-state index is -3.59. The SMILES string of the molecule is CC[C@@H](C)c1ccc(S(=O)(=O)N2CCN(C(=O)COC(=O)[C@@H]3C[C@@H]3C)CC2)cc1. The van der Waals surface area contributed by atoms with Crippen LogP contribution in [0.3, 0.4) is 0 Å². The number of piperazine rings is 1. The zero-order valence-corrected chi connectivity index (χ0v) is 18.2. The Hall–Kier alpha value is -1.93. The monoisotopic (exact) mass is 422 g/mol. The molecule has 2 aliphatic rings. The lowest BCUT2D eigenvalue weighted by atomic mass is 9.99. The number of hydrogen-bond acceptors (Lipinski definition) is 5. The first-order valence-corrected chi connectivity index (χ1v) is 11.7. The van der Waals surface area contributed by atoms with Gasteiger partial charge in [-0.2, -0.15) is 4.31 Å². The summed E-state index contributed by atoms with van der Waals surface area (Å²) in [5, 5.41) is 0. The molecule has 1 aliphatic heterocycles. The molecule has 29 heavy (non-hydrogen) atoms. The molecule has 0 unspecified atom stereocenters. The average molecular weight is 423 g/mol. The Morgan fingerprint density at radius 1 is 1.14 bits per heavy atom. The number of benzene rings is 1. The molecule has 1 aromatic carbocycles. The van der Waals surface area contributed by atoms with Gasteiger partial charge in [0.1, 0.15) is 0 Å². The van der Waals surface area contributed by atoms with Crippen LogP contribution in [0, 0.1) is 11.8 Å². The maximum atomic E-state index is 12.9. The largest absolute Gasteiger partial charge is 0.455 e. The van der Waals surface area contributed by atoms with E-state index in [0.29, 0.717) is 24.9 Å². The van der Waals surface area contributed by atoms with E-state index in [9.17, 15) is 18.0 Å². The summed E-state index contributed by atoms with van der Waals surface area (Å²) < 4.78 is 32.3. The van der Waals surface area contributed by atoms with Crippen molar-refractivity contribution in [1.82, 2.24) is 9.21 Å². The number of sulfonamides is 1. The van der Waals surface area contributed by atoms with E-state index in [1.807, 2.05) is 19.1 Å². The van der Waals surface area contributed by atoms with E-state index < -0.39 is 10.0 Å². The molecule has 8 heteroatoms. The fraction of sp³-hybridized carbons (Fsp3) is 0.619. The molecule has 1 aliphatic carbocycles. The predicted molar refractivity (Wildman–Crippen MR) is 109 cm³/mol. The molecule has 3 rings (SSSR count). The molecule has 1 amide bonds. The zero-order valence-electron chi connectivity index (χ0n) is 17.3. The summed E-state index contributed by atoms with van der Waals surface area (Å²) >= 11 is 0. The third-order valence-corrected chi connectivity index (χ3v) is 7.95. The van der Waals surface area contributed by atoms with Crippen LogP contribution in [0.5, 0.6) is 0 Å². The molecule has 7 nitrogen and oxygen atoms in total. The fourth-order valence-electron chi connectivity index (χ4n) is 3.51. The van der Waals surface area contributed by atoms with Crippen LogP contribution in [0.15, 0.2) is 29.2 Å². The van der Waals surface area contributed by atoms with Gasteiger partial charge >= 0.3 is 5.97 Å². The van der Waals surface area contributed by atoms with Gasteiger partial charge in [0, 0.05) is 26.2 Å². The van der Waals surface area contributed by atoms with Gasteiger partial charge < -0.3 is 9.64 Å². The summed E-state index contributed by atoms with van der Waals surface area (Å²) in [6.45, 7) is 6.97. The van der Waals surface area contributed by atoms with Crippen LogP contribution < -0.4 is 0 Å². The molecular formula is C21H30N2O5S. The van der Waals surface area contributed by atoms with Gasteiger partial charge in [-0.25, -0.2) is 8.42 Å². The number of nitrogens with zero attached hydrogens (tertiary/aromatic N) is 2. The number of amides is 1. The van der Waals surface area contributed by atoms with Crippen molar-refractivity contribution in [3.05, 3.63) is 29.8 Å². The van der Waals surface area contributed by atoms with Crippen LogP contribution in [0.2, 0.25) is 0 Å². The van der Waals surface area contributed by atoms with Crippen molar-refractivity contribution >= 4 is 21.9 Å². The Kier molecular flexibility index (Phi) is 6.63. The van der Waals surface area contributed by atoms with Gasteiger partial charge in [-0.3, -0.25) is 9.59 Å². The summed E-state index contributed by atoms with van der Waals surface area (Å²) in [6.07, 6.45) is 1.82. The molecule has 1 aromatic rings. The standard InChI is InChI=1S/C21H30N2O5S/c1-4-15(2)17-5-7-18(8-6-17)29(26,27)23-11-9-22(10-12-23)20(24)14-28-21(25)19-13-16(19)3/h5-8,15-16,19H,4,9-14H2,1-3H3/t15-,16+,19-/m1/s1. The van der Waals surface area contributed by atoms with Crippen LogP contribution in [0.1, 0.15) is 45.1 Å². The maximum absolute atomic E-state index is 12.9. The number of ether oxygens (including phenoxy) is 1. The van der Waals surface area contributed by atoms with E-state index in [4.69, 9.17) is 4.74 Å². The van der Waals surface area contributed by atoms with E-state index in [1.165, 1.54) is 4.31 Å². The second-order valence-electron chi connectivity index (χ2n) is 8.09. The smallest absolute Gasteiger partial charge is 0.309 e. The van der Waals surface area contributed by atoms with Crippen molar-refractivity contribution in [3.63, 3.8) is 0 Å². The molecule has 0 bridgehead atoms. The first kappa shape index (κ1) is 21.8. The van der Waals surface area contributed by atoms with Gasteiger partial charge in [0.25, 0.3) is 5.91 Å². The van der Waals surface area contributed by atoms with E-state index >= 15 is 0 Å². The highest BCUT2D eigenvalue weighted by Crippen LogP contribution is 2.38. The van der Waals surface area contributed by atoms with Crippen molar-refractivity contribution < 1.29 is 22.7 Å². The highest BCUT2D eigenvalue weighted by Gasteiger charge is 2.41. The maximum Gasteiger partial charge on any atom is 0.309 e. The van der Waals surface area contributed by atoms with Crippen molar-refractivity contribution in [2.75, 3.05) is 32.8 Å². The Balaban J connectivity index is 1.52. The number of hydrogen-bond donors (Lipinski definition) is 0.